The van der Waals surface area contributed by atoms with E-state index in [2.05, 4.69) is 73.1 Å². The van der Waals surface area contributed by atoms with Crippen LogP contribution in [0, 0.1) is 6.92 Å². The fourth-order valence-electron chi connectivity index (χ4n) is 4.24. The SMILES string of the molecule is C=C(Sc1ccccc1C)B(Oc1cc(-c2ccccc2)nn1-c1ccccn1)c1cc2ccccc2s1. The van der Waals surface area contributed by atoms with Crippen LogP contribution in [0.5, 0.6) is 5.88 Å². The van der Waals surface area contributed by atoms with Crippen molar-refractivity contribution in [1.29, 1.82) is 0 Å². The third-order valence-corrected chi connectivity index (χ3v) is 8.49. The Morgan fingerprint density at radius 1 is 0.895 bits per heavy atom. The summed E-state index contributed by atoms with van der Waals surface area (Å²) in [5, 5.41) is 6.09. The molecule has 0 aliphatic rings. The maximum atomic E-state index is 6.84. The van der Waals surface area contributed by atoms with Crippen molar-refractivity contribution in [3.8, 4) is 23.0 Å². The van der Waals surface area contributed by atoms with Crippen LogP contribution in [0.4, 0.5) is 0 Å². The second-order valence-corrected chi connectivity index (χ2v) is 11.1. The van der Waals surface area contributed by atoms with Crippen LogP contribution in [0.25, 0.3) is 27.2 Å². The Bertz CT molecular complexity index is 1680. The number of nitrogens with zero attached hydrogens (tertiary/aromatic N) is 3. The molecular formula is C31H24BN3OS2. The maximum absolute atomic E-state index is 6.84. The van der Waals surface area contributed by atoms with Crippen molar-refractivity contribution in [3.63, 3.8) is 0 Å². The number of hydrogen-bond acceptors (Lipinski definition) is 5. The summed E-state index contributed by atoms with van der Waals surface area (Å²) < 4.78 is 10.9. The molecule has 7 heteroatoms. The Morgan fingerprint density at radius 2 is 1.66 bits per heavy atom. The molecule has 184 valence electrons. The van der Waals surface area contributed by atoms with Gasteiger partial charge in [-0.25, -0.2) is 4.98 Å². The van der Waals surface area contributed by atoms with Crippen LogP contribution in [-0.4, -0.2) is 21.7 Å². The van der Waals surface area contributed by atoms with Gasteiger partial charge in [0.1, 0.15) is 0 Å². The van der Waals surface area contributed by atoms with E-state index in [9.17, 15) is 0 Å². The minimum absolute atomic E-state index is 0.389. The maximum Gasteiger partial charge on any atom is 0.444 e. The fourth-order valence-corrected chi connectivity index (χ4v) is 6.39. The monoisotopic (exact) mass is 529 g/mol. The van der Waals surface area contributed by atoms with Crippen molar-refractivity contribution in [2.45, 2.75) is 11.8 Å². The number of hydrogen-bond donors (Lipinski definition) is 0. The van der Waals surface area contributed by atoms with E-state index in [4.69, 9.17) is 9.75 Å². The first kappa shape index (κ1) is 24.3. The van der Waals surface area contributed by atoms with Gasteiger partial charge in [-0.15, -0.1) is 23.1 Å². The Morgan fingerprint density at radius 3 is 2.45 bits per heavy atom. The second kappa shape index (κ2) is 10.7. The molecule has 0 aliphatic heterocycles. The summed E-state index contributed by atoms with van der Waals surface area (Å²) in [5.41, 5.74) is 3.04. The molecule has 0 bridgehead atoms. The Kier molecular flexibility index (Phi) is 6.86. The number of pyridine rings is 1. The van der Waals surface area contributed by atoms with Gasteiger partial charge in [-0.05, 0) is 48.2 Å². The highest BCUT2D eigenvalue weighted by Gasteiger charge is 2.30. The number of fused-ring (bicyclic) bond motifs is 1. The molecule has 0 saturated heterocycles. The molecule has 6 aromatic rings. The average molecular weight is 529 g/mol. The van der Waals surface area contributed by atoms with Crippen LogP contribution in [0.3, 0.4) is 0 Å². The standard InChI is InChI=1S/C31H24BN3OS2/c1-22-12-6-8-16-27(22)37-23(2)32(29-20-25-15-7-9-17-28(25)38-29)36-31-21-26(24-13-4-3-5-14-24)34-35(31)30-18-10-11-19-33-30/h3-21H,2H2,1H3. The zero-order valence-electron chi connectivity index (χ0n) is 20.8. The molecule has 3 heterocycles. The average Bonchev–Trinajstić information content (AvgIpc) is 3.58. The summed E-state index contributed by atoms with van der Waals surface area (Å²) in [5.74, 6) is 1.30. The van der Waals surface area contributed by atoms with Gasteiger partial charge >= 0.3 is 6.92 Å². The van der Waals surface area contributed by atoms with Crippen molar-refractivity contribution < 1.29 is 4.65 Å². The topological polar surface area (TPSA) is 39.9 Å². The molecule has 0 amide bonds. The largest absolute Gasteiger partial charge is 0.537 e. The van der Waals surface area contributed by atoms with Gasteiger partial charge in [0.2, 0.25) is 5.88 Å². The normalized spacial score (nSPS) is 11.0. The lowest BCUT2D eigenvalue weighted by Crippen LogP contribution is -2.36. The first-order chi connectivity index (χ1) is 18.7. The van der Waals surface area contributed by atoms with Crippen LogP contribution >= 0.6 is 23.1 Å². The molecule has 0 atom stereocenters. The van der Waals surface area contributed by atoms with E-state index >= 15 is 0 Å². The molecule has 3 aromatic heterocycles. The van der Waals surface area contributed by atoms with E-state index in [0.29, 0.717) is 11.7 Å². The predicted molar refractivity (Wildman–Crippen MR) is 161 cm³/mol. The van der Waals surface area contributed by atoms with Gasteiger partial charge in [0, 0.05) is 37.0 Å². The highest BCUT2D eigenvalue weighted by molar-refractivity contribution is 8.05. The number of thioether (sulfide) groups is 1. The predicted octanol–water partition coefficient (Wildman–Crippen LogP) is 7.58. The minimum atomic E-state index is -0.389. The molecule has 0 aliphatic carbocycles. The summed E-state index contributed by atoms with van der Waals surface area (Å²) in [6.45, 7) is 6.23. The number of aromatic nitrogens is 3. The van der Waals surface area contributed by atoms with Gasteiger partial charge in [0.25, 0.3) is 0 Å². The summed E-state index contributed by atoms with van der Waals surface area (Å²) in [6, 6.07) is 36.8. The van der Waals surface area contributed by atoms with Crippen LogP contribution in [0.2, 0.25) is 0 Å². The van der Waals surface area contributed by atoms with E-state index in [1.54, 1.807) is 34.0 Å². The van der Waals surface area contributed by atoms with Crippen LogP contribution < -0.4 is 9.43 Å². The van der Waals surface area contributed by atoms with E-state index < -0.39 is 0 Å². The lowest BCUT2D eigenvalue weighted by Gasteiger charge is -2.18. The lowest BCUT2D eigenvalue weighted by molar-refractivity contribution is 0.533. The summed E-state index contributed by atoms with van der Waals surface area (Å²) in [4.78, 5) is 6.62. The van der Waals surface area contributed by atoms with Gasteiger partial charge in [-0.2, -0.15) is 9.78 Å². The zero-order chi connectivity index (χ0) is 25.9. The molecule has 0 N–H and O–H groups in total. The first-order valence-corrected chi connectivity index (χ1v) is 13.9. The summed E-state index contributed by atoms with van der Waals surface area (Å²) in [6.07, 6.45) is 1.76. The molecule has 38 heavy (non-hydrogen) atoms. The van der Waals surface area contributed by atoms with Crippen molar-refractivity contribution >= 4 is 44.9 Å². The molecule has 6 rings (SSSR count). The van der Waals surface area contributed by atoms with E-state index in [-0.39, 0.29) is 6.92 Å². The third-order valence-electron chi connectivity index (χ3n) is 6.18. The smallest absolute Gasteiger partial charge is 0.444 e. The second-order valence-electron chi connectivity index (χ2n) is 8.85. The number of benzene rings is 3. The number of rotatable bonds is 8. The quantitative estimate of drug-likeness (QED) is 0.151. The van der Waals surface area contributed by atoms with Gasteiger partial charge in [-0.3, -0.25) is 0 Å². The van der Waals surface area contributed by atoms with E-state index in [1.807, 2.05) is 54.6 Å². The highest BCUT2D eigenvalue weighted by atomic mass is 32.2. The Balaban J connectivity index is 1.44. The molecule has 0 radical (unpaired) electrons. The summed E-state index contributed by atoms with van der Waals surface area (Å²) in [7, 11) is 0. The highest BCUT2D eigenvalue weighted by Crippen LogP contribution is 2.33. The fraction of sp³-hybridized carbons (Fsp3) is 0.0323. The van der Waals surface area contributed by atoms with Gasteiger partial charge in [0.05, 0.1) is 5.69 Å². The lowest BCUT2D eigenvalue weighted by atomic mass is 9.66. The van der Waals surface area contributed by atoms with Gasteiger partial charge in [0.15, 0.2) is 5.82 Å². The molecule has 0 unspecified atom stereocenters. The van der Waals surface area contributed by atoms with Crippen LogP contribution in [0.15, 0.2) is 132 Å². The molecule has 0 spiro atoms. The van der Waals surface area contributed by atoms with Crippen molar-refractivity contribution in [1.82, 2.24) is 14.8 Å². The minimum Gasteiger partial charge on any atom is -0.537 e. The van der Waals surface area contributed by atoms with Gasteiger partial charge < -0.3 is 4.65 Å². The Labute approximate surface area is 230 Å². The van der Waals surface area contributed by atoms with Crippen molar-refractivity contribution in [2.24, 2.45) is 0 Å². The molecular weight excluding hydrogens is 505 g/mol. The van der Waals surface area contributed by atoms with Crippen molar-refractivity contribution in [3.05, 3.63) is 132 Å². The zero-order valence-corrected chi connectivity index (χ0v) is 22.5. The third kappa shape index (κ3) is 5.03. The van der Waals surface area contributed by atoms with E-state index in [0.717, 1.165) is 25.7 Å². The van der Waals surface area contributed by atoms with Crippen molar-refractivity contribution in [2.75, 3.05) is 0 Å². The molecule has 0 saturated carbocycles. The molecule has 0 fully saturated rings. The van der Waals surface area contributed by atoms with Crippen LogP contribution in [-0.2, 0) is 0 Å². The first-order valence-electron chi connectivity index (χ1n) is 12.3. The van der Waals surface area contributed by atoms with Crippen LogP contribution in [0.1, 0.15) is 5.56 Å². The molecule has 4 nitrogen and oxygen atoms in total. The summed E-state index contributed by atoms with van der Waals surface area (Å²) >= 11 is 3.38. The van der Waals surface area contributed by atoms with Gasteiger partial charge in [-0.1, -0.05) is 79.4 Å². The molecule has 3 aromatic carbocycles. The van der Waals surface area contributed by atoms with E-state index in [1.165, 1.54) is 15.6 Å². The Hall–Kier alpha value is -4.07. The number of thiophene rings is 1. The number of aryl methyl sites for hydroxylation is 1.